The number of fused-ring (bicyclic) bond motifs is 3. The summed E-state index contributed by atoms with van der Waals surface area (Å²) in [6, 6.07) is 14.3. The fourth-order valence-electron chi connectivity index (χ4n) is 4.02. The number of hydrogen-bond donors (Lipinski definition) is 2. The van der Waals surface area contributed by atoms with Crippen LogP contribution in [0.2, 0.25) is 5.02 Å². The molecule has 2 amide bonds. The molecule has 0 spiro atoms. The number of benzene rings is 2. The molecule has 1 aliphatic rings. The maximum atomic E-state index is 13.0. The summed E-state index contributed by atoms with van der Waals surface area (Å²) in [5.74, 6) is 1.90. The zero-order valence-electron chi connectivity index (χ0n) is 19.6. The maximum Gasteiger partial charge on any atom is 0.321 e. The number of carbonyl (C=O) groups excluding carboxylic acids is 1. The van der Waals surface area contributed by atoms with Gasteiger partial charge in [0, 0.05) is 32.8 Å². The van der Waals surface area contributed by atoms with E-state index in [1.165, 1.54) is 4.88 Å². The van der Waals surface area contributed by atoms with Crippen LogP contribution in [0.1, 0.15) is 39.4 Å². The van der Waals surface area contributed by atoms with Crippen LogP contribution in [0, 0.1) is 20.8 Å². The fraction of sp³-hybridized carbons (Fsp3) is 0.200. The minimum atomic E-state index is -0.771. The highest BCUT2D eigenvalue weighted by atomic mass is 35.5. The third kappa shape index (κ3) is 4.28. The minimum Gasteiger partial charge on any atom is -0.497 e. The van der Waals surface area contributed by atoms with E-state index in [1.54, 1.807) is 36.6 Å². The van der Waals surface area contributed by atoms with Gasteiger partial charge in [0.05, 0.1) is 12.8 Å². The smallest absolute Gasteiger partial charge is 0.321 e. The summed E-state index contributed by atoms with van der Waals surface area (Å²) in [4.78, 5) is 19.2. The van der Waals surface area contributed by atoms with Gasteiger partial charge in [-0.3, -0.25) is 9.56 Å². The molecule has 1 atom stereocenters. The largest absolute Gasteiger partial charge is 0.497 e. The van der Waals surface area contributed by atoms with Crippen LogP contribution in [0.3, 0.4) is 0 Å². The van der Waals surface area contributed by atoms with Crippen LogP contribution in [0.4, 0.5) is 10.5 Å². The van der Waals surface area contributed by atoms with E-state index in [-0.39, 0.29) is 0 Å². The molecule has 0 saturated heterocycles. The van der Waals surface area contributed by atoms with E-state index in [0.29, 0.717) is 22.3 Å². The zero-order chi connectivity index (χ0) is 24.7. The number of thiophene rings is 1. The summed E-state index contributed by atoms with van der Waals surface area (Å²) in [7, 11) is 1.58. The van der Waals surface area contributed by atoms with Gasteiger partial charge in [0.25, 0.3) is 0 Å². The Morgan fingerprint density at radius 3 is 2.63 bits per heavy atom. The number of anilines is 1. The molecular weight excluding hydrogens is 484 g/mol. The number of aliphatic imine (C=N–C) groups is 1. The lowest BCUT2D eigenvalue weighted by Crippen LogP contribution is -2.33. The maximum absolute atomic E-state index is 13.0. The first-order valence-electron chi connectivity index (χ1n) is 10.9. The number of urea groups is 1. The lowest BCUT2D eigenvalue weighted by Gasteiger charge is -2.15. The van der Waals surface area contributed by atoms with Crippen molar-refractivity contribution in [3.05, 3.63) is 86.8 Å². The second kappa shape index (κ2) is 9.16. The first kappa shape index (κ1) is 23.1. The number of ether oxygens (including phenoxy) is 1. The number of amides is 2. The van der Waals surface area contributed by atoms with Gasteiger partial charge in [-0.15, -0.1) is 21.5 Å². The monoisotopic (exact) mass is 506 g/mol. The number of nitrogens with one attached hydrogen (secondary N) is 2. The van der Waals surface area contributed by atoms with Crippen LogP contribution in [-0.2, 0) is 0 Å². The molecule has 1 aliphatic heterocycles. The molecule has 0 radical (unpaired) electrons. The Labute approximate surface area is 211 Å². The van der Waals surface area contributed by atoms with Crippen LogP contribution < -0.4 is 15.4 Å². The molecule has 8 nitrogen and oxygen atoms in total. The second-order valence-electron chi connectivity index (χ2n) is 8.12. The zero-order valence-corrected chi connectivity index (χ0v) is 21.2. The average molecular weight is 507 g/mol. The van der Waals surface area contributed by atoms with Crippen molar-refractivity contribution in [3.8, 4) is 10.8 Å². The minimum absolute atomic E-state index is 0.423. The summed E-state index contributed by atoms with van der Waals surface area (Å²) < 4.78 is 7.22. The van der Waals surface area contributed by atoms with Gasteiger partial charge in [-0.2, -0.15) is 0 Å². The van der Waals surface area contributed by atoms with E-state index in [4.69, 9.17) is 21.3 Å². The highest BCUT2D eigenvalue weighted by Gasteiger charge is 2.32. The topological polar surface area (TPSA) is 93.4 Å². The molecule has 178 valence electrons. The van der Waals surface area contributed by atoms with Crippen LogP contribution in [0.5, 0.6) is 5.75 Å². The Bertz CT molecular complexity index is 1460. The van der Waals surface area contributed by atoms with Crippen molar-refractivity contribution in [1.82, 2.24) is 20.1 Å². The SMILES string of the molecule is COc1cccc(NC(=O)NC2N=C(c3ccc(Cl)cc3)c3c(sc(C)c3C)-n3c(C)nnc32)c1. The van der Waals surface area contributed by atoms with Gasteiger partial charge >= 0.3 is 6.03 Å². The van der Waals surface area contributed by atoms with E-state index >= 15 is 0 Å². The van der Waals surface area contributed by atoms with E-state index in [2.05, 4.69) is 34.7 Å². The number of methoxy groups -OCH3 is 1. The first-order valence-corrected chi connectivity index (χ1v) is 12.1. The first-order chi connectivity index (χ1) is 16.9. The molecular formula is C25H23ClN6O2S. The molecule has 5 rings (SSSR count). The Kier molecular flexibility index (Phi) is 6.04. The predicted molar refractivity (Wildman–Crippen MR) is 138 cm³/mol. The third-order valence-corrected chi connectivity index (χ3v) is 7.32. The van der Waals surface area contributed by atoms with Crippen molar-refractivity contribution in [1.29, 1.82) is 0 Å². The van der Waals surface area contributed by atoms with Crippen molar-refractivity contribution in [2.75, 3.05) is 12.4 Å². The van der Waals surface area contributed by atoms with Gasteiger partial charge < -0.3 is 15.4 Å². The van der Waals surface area contributed by atoms with Gasteiger partial charge in [0.1, 0.15) is 16.6 Å². The molecule has 2 aromatic heterocycles. The second-order valence-corrected chi connectivity index (χ2v) is 9.76. The van der Waals surface area contributed by atoms with E-state index < -0.39 is 12.2 Å². The number of carbonyl (C=O) groups is 1. The molecule has 0 saturated carbocycles. The lowest BCUT2D eigenvalue weighted by molar-refractivity contribution is 0.248. The van der Waals surface area contributed by atoms with Gasteiger partial charge in [-0.1, -0.05) is 29.8 Å². The van der Waals surface area contributed by atoms with Crippen LogP contribution in [0.15, 0.2) is 53.5 Å². The van der Waals surface area contributed by atoms with Crippen molar-refractivity contribution in [2.24, 2.45) is 4.99 Å². The number of halogens is 1. The van der Waals surface area contributed by atoms with Crippen LogP contribution >= 0.6 is 22.9 Å². The molecule has 3 heterocycles. The summed E-state index contributed by atoms with van der Waals surface area (Å²) in [6.07, 6.45) is -0.771. The molecule has 10 heteroatoms. The summed E-state index contributed by atoms with van der Waals surface area (Å²) in [5, 5.41) is 16.1. The number of aromatic nitrogens is 3. The number of nitrogens with zero attached hydrogens (tertiary/aromatic N) is 4. The predicted octanol–water partition coefficient (Wildman–Crippen LogP) is 5.59. The quantitative estimate of drug-likeness (QED) is 0.377. The van der Waals surface area contributed by atoms with E-state index in [9.17, 15) is 4.79 Å². The van der Waals surface area contributed by atoms with Gasteiger partial charge in [0.15, 0.2) is 12.0 Å². The molecule has 0 aliphatic carbocycles. The molecule has 1 unspecified atom stereocenters. The fourth-order valence-corrected chi connectivity index (χ4v) is 5.36. The van der Waals surface area contributed by atoms with Crippen LogP contribution in [-0.4, -0.2) is 33.6 Å². The lowest BCUT2D eigenvalue weighted by atomic mass is 10.00. The van der Waals surface area contributed by atoms with Crippen molar-refractivity contribution < 1.29 is 9.53 Å². The summed E-state index contributed by atoms with van der Waals surface area (Å²) in [5.41, 5.74) is 4.37. The normalized spacial score (nSPS) is 14.4. The molecule has 4 aromatic rings. The van der Waals surface area contributed by atoms with E-state index in [1.807, 2.05) is 41.8 Å². The van der Waals surface area contributed by atoms with Crippen molar-refractivity contribution in [2.45, 2.75) is 26.9 Å². The van der Waals surface area contributed by atoms with Gasteiger partial charge in [-0.05, 0) is 50.6 Å². The molecule has 2 N–H and O–H groups in total. The van der Waals surface area contributed by atoms with Crippen molar-refractivity contribution >= 4 is 40.4 Å². The van der Waals surface area contributed by atoms with Crippen LogP contribution in [0.25, 0.3) is 5.00 Å². The Morgan fingerprint density at radius 1 is 1.11 bits per heavy atom. The third-order valence-electron chi connectivity index (χ3n) is 5.87. The number of aryl methyl sites for hydroxylation is 2. The molecule has 2 aromatic carbocycles. The molecule has 35 heavy (non-hydrogen) atoms. The Balaban J connectivity index is 1.59. The van der Waals surface area contributed by atoms with E-state index in [0.717, 1.165) is 33.2 Å². The summed E-state index contributed by atoms with van der Waals surface area (Å²) >= 11 is 7.81. The summed E-state index contributed by atoms with van der Waals surface area (Å²) in [6.45, 7) is 6.06. The van der Waals surface area contributed by atoms with Crippen molar-refractivity contribution in [3.63, 3.8) is 0 Å². The van der Waals surface area contributed by atoms with Gasteiger partial charge in [-0.25, -0.2) is 4.79 Å². The number of rotatable bonds is 4. The highest BCUT2D eigenvalue weighted by molar-refractivity contribution is 7.15. The standard InChI is InChI=1S/C25H23ClN6O2S/c1-13-14(2)35-24-20(13)21(16-8-10-17(26)11-9-16)28-22(23-31-30-15(3)32(23)24)29-25(33)27-18-6-5-7-19(12-18)34-4/h5-12,22H,1-4H3,(H2,27,29,33). The number of hydrogen-bond acceptors (Lipinski definition) is 6. The Hall–Kier alpha value is -3.69. The Morgan fingerprint density at radius 2 is 1.89 bits per heavy atom. The highest BCUT2D eigenvalue weighted by Crippen LogP contribution is 2.38. The molecule has 0 fully saturated rings. The molecule has 0 bridgehead atoms. The van der Waals surface area contributed by atoms with Gasteiger partial charge in [0.2, 0.25) is 0 Å². The average Bonchev–Trinajstić information content (AvgIpc) is 3.32.